The zero-order chi connectivity index (χ0) is 18.9. The van der Waals surface area contributed by atoms with E-state index in [2.05, 4.69) is 65.6 Å². The third-order valence-electron chi connectivity index (χ3n) is 5.44. The van der Waals surface area contributed by atoms with Crippen LogP contribution in [0.25, 0.3) is 10.4 Å². The number of piperazine rings is 1. The molecule has 0 N–H and O–H groups in total. The standard InChI is InChI=1S/C23H22N2OS2/c26-23(25-12-10-24(11-13-25)15-17-6-2-1-3-7-17)21-14-18-16-27-20-9-5-4-8-19(20)22(18)28-21/h1-9,14H,10-13,15-16H2. The molecule has 0 spiro atoms. The molecule has 1 fully saturated rings. The van der Waals surface area contributed by atoms with Gasteiger partial charge in [-0.05, 0) is 23.3 Å². The Balaban J connectivity index is 1.27. The molecule has 28 heavy (non-hydrogen) atoms. The summed E-state index contributed by atoms with van der Waals surface area (Å²) in [5, 5.41) is 0. The van der Waals surface area contributed by atoms with Crippen molar-refractivity contribution >= 4 is 29.0 Å². The quantitative estimate of drug-likeness (QED) is 0.613. The second kappa shape index (κ2) is 7.74. The van der Waals surface area contributed by atoms with Crippen molar-refractivity contribution in [2.75, 3.05) is 26.2 Å². The lowest BCUT2D eigenvalue weighted by Crippen LogP contribution is -2.48. The highest BCUT2D eigenvalue weighted by Gasteiger charge is 2.26. The van der Waals surface area contributed by atoms with E-state index in [9.17, 15) is 4.79 Å². The third-order valence-corrected chi connectivity index (χ3v) is 7.76. The Kier molecular flexibility index (Phi) is 4.97. The van der Waals surface area contributed by atoms with Crippen molar-refractivity contribution in [3.63, 3.8) is 0 Å². The van der Waals surface area contributed by atoms with E-state index in [0.29, 0.717) is 0 Å². The summed E-state index contributed by atoms with van der Waals surface area (Å²) in [6, 6.07) is 21.2. The number of thiophene rings is 1. The van der Waals surface area contributed by atoms with Crippen molar-refractivity contribution in [1.82, 2.24) is 9.80 Å². The zero-order valence-corrected chi connectivity index (χ0v) is 17.3. The molecule has 3 heterocycles. The maximum absolute atomic E-state index is 13.1. The Morgan fingerprint density at radius 2 is 1.68 bits per heavy atom. The molecule has 2 aromatic carbocycles. The molecule has 5 heteroatoms. The molecule has 142 valence electrons. The van der Waals surface area contributed by atoms with Crippen LogP contribution in [-0.2, 0) is 12.3 Å². The van der Waals surface area contributed by atoms with Gasteiger partial charge in [0, 0.05) is 53.8 Å². The van der Waals surface area contributed by atoms with Gasteiger partial charge in [0.25, 0.3) is 5.91 Å². The number of hydrogen-bond acceptors (Lipinski definition) is 4. The topological polar surface area (TPSA) is 23.6 Å². The van der Waals surface area contributed by atoms with Crippen molar-refractivity contribution in [2.45, 2.75) is 17.2 Å². The molecule has 0 unspecified atom stereocenters. The third kappa shape index (κ3) is 3.50. The normalized spacial score (nSPS) is 16.5. The van der Waals surface area contributed by atoms with Gasteiger partial charge in [-0.1, -0.05) is 48.5 Å². The number of rotatable bonds is 3. The molecule has 0 radical (unpaired) electrons. The highest BCUT2D eigenvalue weighted by atomic mass is 32.2. The van der Waals surface area contributed by atoms with E-state index in [1.54, 1.807) is 11.3 Å². The van der Waals surface area contributed by atoms with E-state index < -0.39 is 0 Å². The lowest BCUT2D eigenvalue weighted by molar-refractivity contribution is 0.0633. The fraction of sp³-hybridized carbons (Fsp3) is 0.261. The number of amides is 1. The summed E-state index contributed by atoms with van der Waals surface area (Å²) in [6.45, 7) is 4.44. The van der Waals surface area contributed by atoms with E-state index in [1.165, 1.54) is 26.5 Å². The molecule has 1 saturated heterocycles. The van der Waals surface area contributed by atoms with E-state index in [4.69, 9.17) is 0 Å². The Labute approximate surface area is 174 Å². The Morgan fingerprint density at radius 1 is 0.929 bits per heavy atom. The first kappa shape index (κ1) is 18.0. The number of carbonyl (C=O) groups excluding carboxylic acids is 1. The monoisotopic (exact) mass is 406 g/mol. The largest absolute Gasteiger partial charge is 0.335 e. The van der Waals surface area contributed by atoms with Gasteiger partial charge < -0.3 is 4.90 Å². The molecule has 2 aliphatic rings. The lowest BCUT2D eigenvalue weighted by Gasteiger charge is -2.34. The highest BCUT2D eigenvalue weighted by Crippen LogP contribution is 2.45. The Bertz CT molecular complexity index is 991. The summed E-state index contributed by atoms with van der Waals surface area (Å²) in [5.41, 5.74) is 3.93. The zero-order valence-electron chi connectivity index (χ0n) is 15.6. The molecule has 1 aromatic heterocycles. The molecule has 5 rings (SSSR count). The number of thioether (sulfide) groups is 1. The number of carbonyl (C=O) groups is 1. The molecule has 0 atom stereocenters. The fourth-order valence-corrected chi connectivity index (χ4v) is 6.29. The molecule has 0 aliphatic carbocycles. The minimum Gasteiger partial charge on any atom is -0.335 e. The van der Waals surface area contributed by atoms with E-state index >= 15 is 0 Å². The minimum absolute atomic E-state index is 0.196. The van der Waals surface area contributed by atoms with Crippen molar-refractivity contribution < 1.29 is 4.79 Å². The second-order valence-corrected chi connectivity index (χ2v) is 9.37. The molecule has 0 bridgehead atoms. The van der Waals surface area contributed by atoms with Crippen molar-refractivity contribution in [3.05, 3.63) is 76.7 Å². The molecule has 3 nitrogen and oxygen atoms in total. The molecule has 0 saturated carbocycles. The highest BCUT2D eigenvalue weighted by molar-refractivity contribution is 7.98. The van der Waals surface area contributed by atoms with E-state index in [-0.39, 0.29) is 5.91 Å². The van der Waals surface area contributed by atoms with Gasteiger partial charge in [-0.3, -0.25) is 9.69 Å². The van der Waals surface area contributed by atoms with Gasteiger partial charge in [0.15, 0.2) is 0 Å². The number of benzene rings is 2. The van der Waals surface area contributed by atoms with Crippen LogP contribution in [0.15, 0.2) is 65.6 Å². The van der Waals surface area contributed by atoms with Gasteiger partial charge >= 0.3 is 0 Å². The summed E-state index contributed by atoms with van der Waals surface area (Å²) in [7, 11) is 0. The number of hydrogen-bond donors (Lipinski definition) is 0. The predicted octanol–water partition coefficient (Wildman–Crippen LogP) is 4.98. The maximum atomic E-state index is 13.1. The summed E-state index contributed by atoms with van der Waals surface area (Å²) in [5.74, 6) is 1.15. The van der Waals surface area contributed by atoms with Crippen LogP contribution in [0.4, 0.5) is 0 Å². The van der Waals surface area contributed by atoms with Crippen molar-refractivity contribution in [2.24, 2.45) is 0 Å². The van der Waals surface area contributed by atoms with Gasteiger partial charge in [-0.25, -0.2) is 0 Å². The first-order valence-corrected chi connectivity index (χ1v) is 11.5. The average molecular weight is 407 g/mol. The fourth-order valence-electron chi connectivity index (χ4n) is 3.91. The van der Waals surface area contributed by atoms with Gasteiger partial charge in [-0.15, -0.1) is 23.1 Å². The molecular formula is C23H22N2OS2. The SMILES string of the molecule is O=C(c1cc2c(s1)-c1ccccc1SC2)N1CCN(Cc2ccccc2)CC1. The van der Waals surface area contributed by atoms with Crippen LogP contribution in [0, 0.1) is 0 Å². The predicted molar refractivity (Wildman–Crippen MR) is 117 cm³/mol. The maximum Gasteiger partial charge on any atom is 0.264 e. The first-order chi connectivity index (χ1) is 13.8. The van der Waals surface area contributed by atoms with Gasteiger partial charge in [0.2, 0.25) is 0 Å². The summed E-state index contributed by atoms with van der Waals surface area (Å²) in [6.07, 6.45) is 0. The molecule has 3 aromatic rings. The van der Waals surface area contributed by atoms with Crippen LogP contribution in [-0.4, -0.2) is 41.9 Å². The van der Waals surface area contributed by atoms with Crippen molar-refractivity contribution in [3.8, 4) is 10.4 Å². The minimum atomic E-state index is 0.196. The van der Waals surface area contributed by atoms with Gasteiger partial charge in [0.05, 0.1) is 4.88 Å². The van der Waals surface area contributed by atoms with Gasteiger partial charge in [-0.2, -0.15) is 0 Å². The van der Waals surface area contributed by atoms with Crippen LogP contribution in [0.3, 0.4) is 0 Å². The van der Waals surface area contributed by atoms with Crippen LogP contribution in [0.2, 0.25) is 0 Å². The smallest absolute Gasteiger partial charge is 0.264 e. The van der Waals surface area contributed by atoms with Crippen LogP contribution in [0.5, 0.6) is 0 Å². The lowest BCUT2D eigenvalue weighted by atomic mass is 10.1. The average Bonchev–Trinajstić information content (AvgIpc) is 3.19. The van der Waals surface area contributed by atoms with Crippen LogP contribution < -0.4 is 0 Å². The summed E-state index contributed by atoms with van der Waals surface area (Å²) < 4.78 is 0. The number of nitrogens with zero attached hydrogens (tertiary/aromatic N) is 2. The molecular weight excluding hydrogens is 384 g/mol. The Morgan fingerprint density at radius 3 is 2.50 bits per heavy atom. The van der Waals surface area contributed by atoms with Crippen LogP contribution in [0.1, 0.15) is 20.8 Å². The number of fused-ring (bicyclic) bond motifs is 3. The van der Waals surface area contributed by atoms with E-state index in [0.717, 1.165) is 43.4 Å². The first-order valence-electron chi connectivity index (χ1n) is 9.68. The van der Waals surface area contributed by atoms with Gasteiger partial charge in [0.1, 0.15) is 0 Å². The summed E-state index contributed by atoms with van der Waals surface area (Å²) >= 11 is 3.53. The molecule has 1 amide bonds. The van der Waals surface area contributed by atoms with Crippen molar-refractivity contribution in [1.29, 1.82) is 0 Å². The Hall–Kier alpha value is -2.08. The second-order valence-electron chi connectivity index (χ2n) is 7.30. The van der Waals surface area contributed by atoms with E-state index in [1.807, 2.05) is 16.7 Å². The molecule has 2 aliphatic heterocycles. The van der Waals surface area contributed by atoms with Crippen LogP contribution >= 0.6 is 23.1 Å². The summed E-state index contributed by atoms with van der Waals surface area (Å²) in [4.78, 5) is 21.1.